The smallest absolute Gasteiger partial charge is 0.412 e. The van der Waals surface area contributed by atoms with Gasteiger partial charge in [0.15, 0.2) is 6.10 Å². The number of nitrogens with one attached hydrogen (secondary N) is 2. The number of ether oxygens (including phenoxy) is 1. The van der Waals surface area contributed by atoms with Crippen LogP contribution in [0.3, 0.4) is 0 Å². The van der Waals surface area contributed by atoms with Gasteiger partial charge in [0.25, 0.3) is 5.91 Å². The number of hydrogen-bond donors (Lipinski definition) is 4. The average molecular weight is 464 g/mol. The maximum absolute atomic E-state index is 12.6. The van der Waals surface area contributed by atoms with Crippen molar-refractivity contribution in [1.82, 2.24) is 15.1 Å². The molecule has 1 atom stereocenters. The molecule has 10 nitrogen and oxygen atoms in total. The Morgan fingerprint density at radius 3 is 2.32 bits per heavy atom. The molecule has 1 aromatic heterocycles. The number of carboxylic acids is 1. The van der Waals surface area contributed by atoms with Crippen molar-refractivity contribution in [3.63, 3.8) is 0 Å². The highest BCUT2D eigenvalue weighted by Gasteiger charge is 2.29. The van der Waals surface area contributed by atoms with Crippen molar-refractivity contribution in [2.75, 3.05) is 18.5 Å². The summed E-state index contributed by atoms with van der Waals surface area (Å²) in [6.45, 7) is 0.0535. The summed E-state index contributed by atoms with van der Waals surface area (Å²) in [5.41, 5.74) is 4.48. The van der Waals surface area contributed by atoms with Crippen molar-refractivity contribution in [2.45, 2.75) is 18.4 Å². The third-order valence-electron chi connectivity index (χ3n) is 5.74. The number of benzene rings is 2. The molecule has 0 aliphatic heterocycles. The second-order valence-corrected chi connectivity index (χ2v) is 7.88. The lowest BCUT2D eigenvalue weighted by Gasteiger charge is -2.15. The van der Waals surface area contributed by atoms with E-state index in [0.717, 1.165) is 22.3 Å². The number of nitrogens with zero attached hydrogens (tertiary/aromatic N) is 2. The van der Waals surface area contributed by atoms with Crippen molar-refractivity contribution in [3.8, 4) is 11.1 Å². The number of anilines is 1. The molecular weight excluding hydrogens is 440 g/mol. The third kappa shape index (κ3) is 4.62. The maximum Gasteiger partial charge on any atom is 0.412 e. The van der Waals surface area contributed by atoms with E-state index in [1.807, 2.05) is 48.5 Å². The van der Waals surface area contributed by atoms with Crippen LogP contribution in [0.1, 0.15) is 33.8 Å². The number of carbonyl (C=O) groups is 3. The van der Waals surface area contributed by atoms with Crippen molar-refractivity contribution < 1.29 is 29.3 Å². The number of amides is 2. The highest BCUT2D eigenvalue weighted by molar-refractivity contribution is 6.01. The Morgan fingerprint density at radius 1 is 1.09 bits per heavy atom. The van der Waals surface area contributed by atoms with E-state index < -0.39 is 24.1 Å². The van der Waals surface area contributed by atoms with Crippen LogP contribution in [0.5, 0.6) is 0 Å². The summed E-state index contributed by atoms with van der Waals surface area (Å²) in [6.07, 6.45) is -1.19. The molecule has 3 aromatic rings. The molecule has 4 N–H and O–H groups in total. The summed E-state index contributed by atoms with van der Waals surface area (Å²) in [7, 11) is 1.56. The zero-order valence-electron chi connectivity index (χ0n) is 18.4. The van der Waals surface area contributed by atoms with Gasteiger partial charge >= 0.3 is 12.1 Å². The first-order valence-corrected chi connectivity index (χ1v) is 10.7. The highest BCUT2D eigenvalue weighted by atomic mass is 16.5. The second kappa shape index (κ2) is 9.75. The van der Waals surface area contributed by atoms with E-state index in [0.29, 0.717) is 0 Å². The molecule has 4 rings (SSSR count). The number of hydrogen-bond acceptors (Lipinski definition) is 6. The van der Waals surface area contributed by atoms with Gasteiger partial charge in [0, 0.05) is 25.9 Å². The van der Waals surface area contributed by atoms with Crippen LogP contribution in [-0.4, -0.2) is 57.2 Å². The summed E-state index contributed by atoms with van der Waals surface area (Å²) < 4.78 is 6.84. The number of aryl methyl sites for hydroxylation is 1. The van der Waals surface area contributed by atoms with Crippen LogP contribution in [0.4, 0.5) is 10.6 Å². The minimum Gasteiger partial charge on any atom is -0.479 e. The topological polar surface area (TPSA) is 143 Å². The molecule has 34 heavy (non-hydrogen) atoms. The molecule has 10 heteroatoms. The quantitative estimate of drug-likeness (QED) is 0.401. The van der Waals surface area contributed by atoms with Crippen LogP contribution in [0.15, 0.2) is 54.7 Å². The zero-order valence-corrected chi connectivity index (χ0v) is 18.4. The summed E-state index contributed by atoms with van der Waals surface area (Å²) in [5, 5.41) is 27.1. The van der Waals surface area contributed by atoms with Gasteiger partial charge in [0.2, 0.25) is 0 Å². The first-order chi connectivity index (χ1) is 16.4. The first kappa shape index (κ1) is 23.0. The molecule has 1 heterocycles. The van der Waals surface area contributed by atoms with E-state index in [-0.39, 0.29) is 36.9 Å². The van der Waals surface area contributed by atoms with Crippen LogP contribution in [0, 0.1) is 0 Å². The van der Waals surface area contributed by atoms with Crippen LogP contribution in [0.25, 0.3) is 11.1 Å². The molecule has 2 amide bonds. The van der Waals surface area contributed by atoms with Crippen molar-refractivity contribution in [3.05, 3.63) is 71.4 Å². The molecular formula is C24H24N4O6. The minimum absolute atomic E-state index is 0.0639. The predicted octanol–water partition coefficient (Wildman–Crippen LogP) is 2.35. The molecule has 0 saturated carbocycles. The normalized spacial score (nSPS) is 13.0. The van der Waals surface area contributed by atoms with E-state index in [9.17, 15) is 19.5 Å². The average Bonchev–Trinajstić information content (AvgIpc) is 3.35. The monoisotopic (exact) mass is 464 g/mol. The minimum atomic E-state index is -1.58. The first-order valence-electron chi connectivity index (χ1n) is 10.7. The molecule has 0 radical (unpaired) electrons. The summed E-state index contributed by atoms with van der Waals surface area (Å²) in [4.78, 5) is 35.7. The predicted molar refractivity (Wildman–Crippen MR) is 122 cm³/mol. The second-order valence-electron chi connectivity index (χ2n) is 7.88. The van der Waals surface area contributed by atoms with Crippen LogP contribution >= 0.6 is 0 Å². The van der Waals surface area contributed by atoms with Crippen LogP contribution in [-0.2, 0) is 16.6 Å². The van der Waals surface area contributed by atoms with Gasteiger partial charge in [0.1, 0.15) is 18.0 Å². The summed E-state index contributed by atoms with van der Waals surface area (Å²) in [5.74, 6) is -1.91. The number of aliphatic hydroxyl groups is 1. The maximum atomic E-state index is 12.6. The highest BCUT2D eigenvalue weighted by Crippen LogP contribution is 2.44. The van der Waals surface area contributed by atoms with E-state index in [4.69, 9.17) is 9.84 Å². The molecule has 0 fully saturated rings. The SMILES string of the molecule is Cn1ncc(C(=O)NCC[C@H](O)C(=O)O)c1NC(=O)OCC1c2ccccc2-c2ccccc21. The molecule has 2 aromatic carbocycles. The third-order valence-corrected chi connectivity index (χ3v) is 5.74. The standard InChI is InChI=1S/C24H24N4O6/c1-28-21(18(12-26-28)22(30)25-11-10-20(29)23(31)32)27-24(33)34-13-19-16-8-4-2-6-14(16)15-7-3-5-9-17(15)19/h2-9,12,19-20,29H,10-11,13H2,1H3,(H,25,30)(H,27,33)(H,31,32)/t20-/m0/s1. The summed E-state index contributed by atoms with van der Waals surface area (Å²) in [6, 6.07) is 16.0. The van der Waals surface area contributed by atoms with Gasteiger partial charge in [-0.15, -0.1) is 0 Å². The van der Waals surface area contributed by atoms with Gasteiger partial charge in [-0.2, -0.15) is 5.10 Å². The lowest BCUT2D eigenvalue weighted by molar-refractivity contribution is -0.146. The fourth-order valence-electron chi connectivity index (χ4n) is 4.02. The number of aliphatic hydroxyl groups excluding tert-OH is 1. The lowest BCUT2D eigenvalue weighted by Crippen LogP contribution is -2.30. The Bertz CT molecular complexity index is 1190. The van der Waals surface area contributed by atoms with Crippen molar-refractivity contribution in [1.29, 1.82) is 0 Å². The summed E-state index contributed by atoms with van der Waals surface area (Å²) >= 11 is 0. The molecule has 176 valence electrons. The van der Waals surface area contributed by atoms with Gasteiger partial charge in [-0.1, -0.05) is 48.5 Å². The fourth-order valence-corrected chi connectivity index (χ4v) is 4.02. The number of carbonyl (C=O) groups excluding carboxylic acids is 2. The van der Waals surface area contributed by atoms with Gasteiger partial charge in [0.05, 0.1) is 6.20 Å². The van der Waals surface area contributed by atoms with E-state index in [1.165, 1.54) is 10.9 Å². The Kier molecular flexibility index (Phi) is 6.60. The molecule has 1 aliphatic rings. The van der Waals surface area contributed by atoms with Crippen molar-refractivity contribution >= 4 is 23.8 Å². The lowest BCUT2D eigenvalue weighted by atomic mass is 9.98. The van der Waals surface area contributed by atoms with Gasteiger partial charge in [-0.05, 0) is 22.3 Å². The Hall–Kier alpha value is -4.18. The number of fused-ring (bicyclic) bond motifs is 3. The number of carboxylic acid groups (broad SMARTS) is 1. The number of aromatic nitrogens is 2. The van der Waals surface area contributed by atoms with E-state index >= 15 is 0 Å². The Balaban J connectivity index is 1.39. The largest absolute Gasteiger partial charge is 0.479 e. The van der Waals surface area contributed by atoms with Gasteiger partial charge in [-0.25, -0.2) is 9.59 Å². The fraction of sp³-hybridized carbons (Fsp3) is 0.250. The van der Waals surface area contributed by atoms with E-state index in [2.05, 4.69) is 15.7 Å². The van der Waals surface area contributed by atoms with E-state index in [1.54, 1.807) is 7.05 Å². The molecule has 0 spiro atoms. The molecule has 0 saturated heterocycles. The molecule has 1 aliphatic carbocycles. The molecule has 0 bridgehead atoms. The Labute approximate surface area is 195 Å². The van der Waals surface area contributed by atoms with Crippen LogP contribution < -0.4 is 10.6 Å². The van der Waals surface area contributed by atoms with Crippen LogP contribution in [0.2, 0.25) is 0 Å². The van der Waals surface area contributed by atoms with Gasteiger partial charge < -0.3 is 20.3 Å². The van der Waals surface area contributed by atoms with Crippen molar-refractivity contribution in [2.24, 2.45) is 7.05 Å². The Morgan fingerprint density at radius 2 is 1.71 bits per heavy atom. The zero-order chi connectivity index (χ0) is 24.2. The van der Waals surface area contributed by atoms with Gasteiger partial charge in [-0.3, -0.25) is 14.8 Å². The number of aliphatic carboxylic acids is 1. The molecule has 0 unspecified atom stereocenters. The number of rotatable bonds is 8.